The van der Waals surface area contributed by atoms with E-state index in [1.54, 1.807) is 0 Å². The van der Waals surface area contributed by atoms with Crippen LogP contribution >= 0.6 is 20.8 Å². The van der Waals surface area contributed by atoms with E-state index in [1.807, 2.05) is 0 Å². The fourth-order valence-electron chi connectivity index (χ4n) is 3.73. The average molecular weight is 419 g/mol. The van der Waals surface area contributed by atoms with E-state index < -0.39 is 5.31 Å². The molecule has 0 nitrogen and oxygen atoms in total. The molecule has 0 heterocycles. The van der Waals surface area contributed by atoms with E-state index in [1.165, 1.54) is 21.2 Å². The molecule has 0 saturated carbocycles. The van der Waals surface area contributed by atoms with Crippen LogP contribution in [0.2, 0.25) is 0 Å². The Balaban J connectivity index is 2.23. The molecule has 0 atom stereocenters. The van der Waals surface area contributed by atoms with Gasteiger partial charge in [-0.1, -0.05) is 0 Å². The number of benzene rings is 4. The fraction of sp³-hybridized carbons (Fsp3) is 0. The first kappa shape index (κ1) is 17.2. The van der Waals surface area contributed by atoms with Crippen molar-refractivity contribution < 1.29 is 0 Å². The van der Waals surface area contributed by atoms with Crippen LogP contribution in [0.15, 0.2) is 121 Å². The molecule has 0 radical (unpaired) electrons. The molecule has 4 rings (SSSR count). The van der Waals surface area contributed by atoms with Crippen LogP contribution in [0, 0.1) is 0 Å². The van der Waals surface area contributed by atoms with Crippen molar-refractivity contribution in [3.8, 4) is 0 Å². The molecule has 4 aromatic carbocycles. The molecule has 0 aliphatic heterocycles. The summed E-state index contributed by atoms with van der Waals surface area (Å²) in [6.07, 6.45) is 0. The van der Waals surface area contributed by atoms with Crippen molar-refractivity contribution in [3.05, 3.63) is 121 Å². The molecule has 0 fully saturated rings. The number of halogens is 1. The molecule has 26 heavy (non-hydrogen) atoms. The summed E-state index contributed by atoms with van der Waals surface area (Å²) in [5.74, 6) is 0. The SMILES string of the molecule is BrP(c1ccccc1)(c1ccccc1)(c1ccccc1)c1ccccc1. The summed E-state index contributed by atoms with van der Waals surface area (Å²) in [4.78, 5) is 0. The second-order valence-corrected chi connectivity index (χ2v) is 14.7. The van der Waals surface area contributed by atoms with Crippen LogP contribution in [-0.2, 0) is 0 Å². The molecule has 4 aromatic rings. The van der Waals surface area contributed by atoms with Gasteiger partial charge in [-0.05, 0) is 0 Å². The Kier molecular flexibility index (Phi) is 4.53. The molecule has 0 aliphatic carbocycles. The van der Waals surface area contributed by atoms with Gasteiger partial charge in [-0.25, -0.2) is 0 Å². The van der Waals surface area contributed by atoms with E-state index in [4.69, 9.17) is 0 Å². The predicted molar refractivity (Wildman–Crippen MR) is 120 cm³/mol. The van der Waals surface area contributed by atoms with Gasteiger partial charge in [0.05, 0.1) is 0 Å². The minimum atomic E-state index is -3.00. The van der Waals surface area contributed by atoms with Gasteiger partial charge in [-0.3, -0.25) is 0 Å². The van der Waals surface area contributed by atoms with Gasteiger partial charge < -0.3 is 0 Å². The van der Waals surface area contributed by atoms with Gasteiger partial charge >= 0.3 is 163 Å². The van der Waals surface area contributed by atoms with Crippen molar-refractivity contribution in [3.63, 3.8) is 0 Å². The van der Waals surface area contributed by atoms with Gasteiger partial charge in [-0.15, -0.1) is 0 Å². The number of hydrogen-bond donors (Lipinski definition) is 0. The maximum atomic E-state index is 4.46. The van der Waals surface area contributed by atoms with E-state index in [2.05, 4.69) is 137 Å². The van der Waals surface area contributed by atoms with Crippen LogP contribution in [0.1, 0.15) is 0 Å². The van der Waals surface area contributed by atoms with Crippen LogP contribution in [0.25, 0.3) is 0 Å². The Morgan fingerprint density at radius 1 is 0.346 bits per heavy atom. The quantitative estimate of drug-likeness (QED) is 0.402. The Bertz CT molecular complexity index is 814. The van der Waals surface area contributed by atoms with Crippen molar-refractivity contribution in [1.29, 1.82) is 0 Å². The van der Waals surface area contributed by atoms with Crippen LogP contribution in [0.3, 0.4) is 0 Å². The van der Waals surface area contributed by atoms with Crippen molar-refractivity contribution in [2.45, 2.75) is 0 Å². The van der Waals surface area contributed by atoms with E-state index in [9.17, 15) is 0 Å². The normalized spacial score (nSPS) is 12.9. The van der Waals surface area contributed by atoms with Crippen molar-refractivity contribution in [2.24, 2.45) is 0 Å². The molecule has 0 amide bonds. The van der Waals surface area contributed by atoms with Gasteiger partial charge in [0.25, 0.3) is 0 Å². The summed E-state index contributed by atoms with van der Waals surface area (Å²) >= 11 is 4.46. The number of rotatable bonds is 4. The molecule has 0 saturated heterocycles. The predicted octanol–water partition coefficient (Wildman–Crippen LogP) is 5.15. The van der Waals surface area contributed by atoms with Gasteiger partial charge in [-0.2, -0.15) is 0 Å². The van der Waals surface area contributed by atoms with E-state index in [0.29, 0.717) is 0 Å². The minimum absolute atomic E-state index is 1.31. The molecule has 128 valence electrons. The molecule has 0 bridgehead atoms. The number of hydrogen-bond acceptors (Lipinski definition) is 0. The van der Waals surface area contributed by atoms with E-state index in [0.717, 1.165) is 0 Å². The third kappa shape index (κ3) is 2.47. The van der Waals surface area contributed by atoms with Crippen molar-refractivity contribution >= 4 is 42.0 Å². The zero-order valence-electron chi connectivity index (χ0n) is 14.4. The summed E-state index contributed by atoms with van der Waals surface area (Å²) in [6, 6.07) is 43.4. The summed E-state index contributed by atoms with van der Waals surface area (Å²) < 4.78 is 0. The Labute approximate surface area is 163 Å². The third-order valence-electron chi connectivity index (χ3n) is 4.96. The topological polar surface area (TPSA) is 0 Å². The first-order chi connectivity index (χ1) is 12.7. The van der Waals surface area contributed by atoms with Gasteiger partial charge in [0.1, 0.15) is 0 Å². The van der Waals surface area contributed by atoms with Crippen molar-refractivity contribution in [2.75, 3.05) is 0 Å². The Morgan fingerprint density at radius 3 is 0.731 bits per heavy atom. The van der Waals surface area contributed by atoms with Crippen LogP contribution in [0.5, 0.6) is 0 Å². The molecular formula is C24H20BrP. The molecule has 0 N–H and O–H groups in total. The Hall–Kier alpha value is -2.21. The van der Waals surface area contributed by atoms with Crippen LogP contribution in [0.4, 0.5) is 0 Å². The van der Waals surface area contributed by atoms with Gasteiger partial charge in [0.2, 0.25) is 0 Å². The fourth-order valence-corrected chi connectivity index (χ4v) is 11.3. The second kappa shape index (κ2) is 6.83. The van der Waals surface area contributed by atoms with Gasteiger partial charge in [0.15, 0.2) is 0 Å². The zero-order chi connectivity index (χ0) is 17.9. The first-order valence-electron chi connectivity index (χ1n) is 8.71. The summed E-state index contributed by atoms with van der Waals surface area (Å²) in [5, 5.41) is 2.23. The molecule has 0 aromatic heterocycles. The molecule has 0 unspecified atom stereocenters. The molecule has 2 heteroatoms. The summed E-state index contributed by atoms with van der Waals surface area (Å²) in [5.41, 5.74) is 0. The first-order valence-corrected chi connectivity index (χ1v) is 13.0. The molecular weight excluding hydrogens is 399 g/mol. The van der Waals surface area contributed by atoms with Gasteiger partial charge in [0, 0.05) is 0 Å². The second-order valence-electron chi connectivity index (χ2n) is 6.35. The Morgan fingerprint density at radius 2 is 0.538 bits per heavy atom. The average Bonchev–Trinajstić information content (AvgIpc) is 2.76. The van der Waals surface area contributed by atoms with Crippen LogP contribution in [-0.4, -0.2) is 0 Å². The third-order valence-corrected chi connectivity index (χ3v) is 15.0. The van der Waals surface area contributed by atoms with Crippen molar-refractivity contribution in [1.82, 2.24) is 0 Å². The van der Waals surface area contributed by atoms with E-state index >= 15 is 0 Å². The van der Waals surface area contributed by atoms with Crippen LogP contribution < -0.4 is 21.2 Å². The molecule has 0 aliphatic rings. The molecule has 0 spiro atoms. The standard InChI is InChI=1S/C24H20BrP/c25-26(21-13-5-1-6-14-21,22-15-7-2-8-16-22,23-17-9-3-10-18-23)24-19-11-4-12-20-24/h1-20H. The summed E-state index contributed by atoms with van der Waals surface area (Å²) in [6.45, 7) is 0. The van der Waals surface area contributed by atoms with E-state index in [-0.39, 0.29) is 0 Å². The monoisotopic (exact) mass is 418 g/mol. The maximum absolute atomic E-state index is 4.46. The summed E-state index contributed by atoms with van der Waals surface area (Å²) in [7, 11) is 0. The zero-order valence-corrected chi connectivity index (χ0v) is 16.9.